The van der Waals surface area contributed by atoms with Crippen molar-refractivity contribution in [3.8, 4) is 0 Å². The van der Waals surface area contributed by atoms with Gasteiger partial charge in [0, 0.05) is 16.6 Å². The molecule has 0 aliphatic carbocycles. The molecule has 2 N–H and O–H groups in total. The molecule has 2 unspecified atom stereocenters. The standard InChI is InChI=1S/C18H20ClFN2O/c1-12(14-6-5-7-15(19)10-14)22-18(23)11-21-13(2)16-8-3-4-9-17(16)20/h3-10,12-13,21H,11H2,1-2H3,(H,22,23). The van der Waals surface area contributed by atoms with Gasteiger partial charge in [0.1, 0.15) is 5.82 Å². The van der Waals surface area contributed by atoms with Gasteiger partial charge in [-0.25, -0.2) is 4.39 Å². The van der Waals surface area contributed by atoms with E-state index in [1.807, 2.05) is 32.0 Å². The van der Waals surface area contributed by atoms with Crippen LogP contribution in [0.25, 0.3) is 0 Å². The van der Waals surface area contributed by atoms with E-state index in [-0.39, 0.29) is 30.4 Å². The molecule has 122 valence electrons. The van der Waals surface area contributed by atoms with E-state index in [1.54, 1.807) is 24.3 Å². The van der Waals surface area contributed by atoms with Crippen molar-refractivity contribution in [2.45, 2.75) is 25.9 Å². The number of rotatable bonds is 6. The Hall–Kier alpha value is -1.91. The lowest BCUT2D eigenvalue weighted by Crippen LogP contribution is -2.36. The number of carbonyl (C=O) groups excluding carboxylic acids is 1. The largest absolute Gasteiger partial charge is 0.348 e. The molecule has 2 aromatic rings. The van der Waals surface area contributed by atoms with Crippen LogP contribution in [0.4, 0.5) is 4.39 Å². The highest BCUT2D eigenvalue weighted by atomic mass is 35.5. The number of benzene rings is 2. The van der Waals surface area contributed by atoms with E-state index >= 15 is 0 Å². The van der Waals surface area contributed by atoms with Gasteiger partial charge in [0.05, 0.1) is 12.6 Å². The quantitative estimate of drug-likeness (QED) is 0.838. The molecule has 0 aliphatic rings. The molecule has 0 aromatic heterocycles. The second kappa shape index (κ2) is 8.09. The summed E-state index contributed by atoms with van der Waals surface area (Å²) in [6.07, 6.45) is 0. The molecule has 0 saturated heterocycles. The van der Waals surface area contributed by atoms with Crippen molar-refractivity contribution < 1.29 is 9.18 Å². The molecule has 0 bridgehead atoms. The first-order valence-corrected chi connectivity index (χ1v) is 7.88. The van der Waals surface area contributed by atoms with E-state index in [0.717, 1.165) is 5.56 Å². The fourth-order valence-corrected chi connectivity index (χ4v) is 2.53. The van der Waals surface area contributed by atoms with Crippen molar-refractivity contribution in [1.29, 1.82) is 0 Å². The smallest absolute Gasteiger partial charge is 0.234 e. The molecule has 0 aliphatic heterocycles. The topological polar surface area (TPSA) is 41.1 Å². The van der Waals surface area contributed by atoms with E-state index in [1.165, 1.54) is 6.07 Å². The summed E-state index contributed by atoms with van der Waals surface area (Å²) in [5.74, 6) is -0.430. The maximum atomic E-state index is 13.7. The third kappa shape index (κ3) is 5.05. The van der Waals surface area contributed by atoms with Crippen LogP contribution in [-0.4, -0.2) is 12.5 Å². The molecule has 0 fully saturated rings. The Morgan fingerprint density at radius 1 is 1.13 bits per heavy atom. The highest BCUT2D eigenvalue weighted by molar-refractivity contribution is 6.30. The van der Waals surface area contributed by atoms with Crippen molar-refractivity contribution in [2.24, 2.45) is 0 Å². The summed E-state index contributed by atoms with van der Waals surface area (Å²) >= 11 is 5.95. The molecule has 2 aromatic carbocycles. The molecule has 2 rings (SSSR count). The van der Waals surface area contributed by atoms with Crippen molar-refractivity contribution in [3.63, 3.8) is 0 Å². The second-order valence-electron chi connectivity index (χ2n) is 5.47. The van der Waals surface area contributed by atoms with E-state index in [4.69, 9.17) is 11.6 Å². The molecular weight excluding hydrogens is 315 g/mol. The van der Waals surface area contributed by atoms with Gasteiger partial charge in [-0.1, -0.05) is 41.9 Å². The number of hydrogen-bond acceptors (Lipinski definition) is 2. The summed E-state index contributed by atoms with van der Waals surface area (Å²) in [4.78, 5) is 12.0. The maximum absolute atomic E-state index is 13.7. The van der Waals surface area contributed by atoms with Gasteiger partial charge >= 0.3 is 0 Å². The van der Waals surface area contributed by atoms with Gasteiger partial charge < -0.3 is 10.6 Å². The zero-order valence-electron chi connectivity index (χ0n) is 13.1. The summed E-state index contributed by atoms with van der Waals surface area (Å²) in [6, 6.07) is 13.5. The summed E-state index contributed by atoms with van der Waals surface area (Å²) in [5, 5.41) is 6.55. The fraction of sp³-hybridized carbons (Fsp3) is 0.278. The van der Waals surface area contributed by atoms with Crippen LogP contribution in [0.15, 0.2) is 48.5 Å². The van der Waals surface area contributed by atoms with Gasteiger partial charge in [-0.3, -0.25) is 4.79 Å². The van der Waals surface area contributed by atoms with Crippen LogP contribution in [0, 0.1) is 5.82 Å². The van der Waals surface area contributed by atoms with Gasteiger partial charge in [0.15, 0.2) is 0 Å². The van der Waals surface area contributed by atoms with E-state index in [2.05, 4.69) is 10.6 Å². The van der Waals surface area contributed by atoms with Crippen LogP contribution in [-0.2, 0) is 4.79 Å². The Morgan fingerprint density at radius 2 is 1.87 bits per heavy atom. The first kappa shape index (κ1) is 17.4. The summed E-state index contributed by atoms with van der Waals surface area (Å²) < 4.78 is 13.7. The minimum absolute atomic E-state index is 0.112. The average Bonchev–Trinajstić information content (AvgIpc) is 2.53. The Morgan fingerprint density at radius 3 is 2.57 bits per heavy atom. The van der Waals surface area contributed by atoms with Crippen LogP contribution in [0.5, 0.6) is 0 Å². The van der Waals surface area contributed by atoms with Gasteiger partial charge in [0.25, 0.3) is 0 Å². The van der Waals surface area contributed by atoms with Gasteiger partial charge in [-0.05, 0) is 37.6 Å². The zero-order valence-corrected chi connectivity index (χ0v) is 13.9. The monoisotopic (exact) mass is 334 g/mol. The number of carbonyl (C=O) groups is 1. The van der Waals surface area contributed by atoms with Gasteiger partial charge in [-0.15, -0.1) is 0 Å². The maximum Gasteiger partial charge on any atom is 0.234 e. The molecule has 3 nitrogen and oxygen atoms in total. The first-order chi connectivity index (χ1) is 11.0. The van der Waals surface area contributed by atoms with Crippen molar-refractivity contribution >= 4 is 17.5 Å². The highest BCUT2D eigenvalue weighted by Crippen LogP contribution is 2.18. The molecule has 1 amide bonds. The summed E-state index contributed by atoms with van der Waals surface area (Å²) in [5.41, 5.74) is 1.48. The van der Waals surface area contributed by atoms with Crippen molar-refractivity contribution in [1.82, 2.24) is 10.6 Å². The SMILES string of the molecule is CC(NC(=O)CNC(C)c1ccccc1F)c1cccc(Cl)c1. The summed E-state index contributed by atoms with van der Waals surface area (Å²) in [7, 11) is 0. The Kier molecular flexibility index (Phi) is 6.13. The molecule has 0 heterocycles. The number of nitrogens with one attached hydrogen (secondary N) is 2. The third-order valence-electron chi connectivity index (χ3n) is 3.67. The van der Waals surface area contributed by atoms with Crippen LogP contribution in [0.1, 0.15) is 37.1 Å². The number of halogens is 2. The minimum Gasteiger partial charge on any atom is -0.348 e. The zero-order chi connectivity index (χ0) is 16.8. The van der Waals surface area contributed by atoms with E-state index in [0.29, 0.717) is 10.6 Å². The van der Waals surface area contributed by atoms with Crippen molar-refractivity contribution in [3.05, 3.63) is 70.5 Å². The van der Waals surface area contributed by atoms with Crippen molar-refractivity contribution in [2.75, 3.05) is 6.54 Å². The van der Waals surface area contributed by atoms with E-state index < -0.39 is 0 Å². The molecule has 0 radical (unpaired) electrons. The second-order valence-corrected chi connectivity index (χ2v) is 5.90. The van der Waals surface area contributed by atoms with Crippen LogP contribution >= 0.6 is 11.6 Å². The average molecular weight is 335 g/mol. The fourth-order valence-electron chi connectivity index (χ4n) is 2.33. The summed E-state index contributed by atoms with van der Waals surface area (Å²) in [6.45, 7) is 3.83. The van der Waals surface area contributed by atoms with Crippen LogP contribution in [0.2, 0.25) is 5.02 Å². The number of hydrogen-bond donors (Lipinski definition) is 2. The molecule has 0 saturated carbocycles. The highest BCUT2D eigenvalue weighted by Gasteiger charge is 2.13. The Labute approximate surface area is 140 Å². The molecular formula is C18H20ClFN2O. The van der Waals surface area contributed by atoms with Crippen LogP contribution < -0.4 is 10.6 Å². The lowest BCUT2D eigenvalue weighted by molar-refractivity contribution is -0.121. The normalized spacial score (nSPS) is 13.4. The Bertz CT molecular complexity index is 678. The third-order valence-corrected chi connectivity index (χ3v) is 3.90. The Balaban J connectivity index is 1.86. The van der Waals surface area contributed by atoms with Gasteiger partial charge in [-0.2, -0.15) is 0 Å². The first-order valence-electron chi connectivity index (χ1n) is 7.50. The molecule has 0 spiro atoms. The van der Waals surface area contributed by atoms with Crippen LogP contribution in [0.3, 0.4) is 0 Å². The number of amides is 1. The molecule has 23 heavy (non-hydrogen) atoms. The molecule has 2 atom stereocenters. The predicted octanol–water partition coefficient (Wildman–Crippen LogP) is 4.01. The molecule has 5 heteroatoms. The minimum atomic E-state index is -0.278. The van der Waals surface area contributed by atoms with Gasteiger partial charge in [0.2, 0.25) is 5.91 Å². The van der Waals surface area contributed by atoms with E-state index in [9.17, 15) is 9.18 Å². The lowest BCUT2D eigenvalue weighted by atomic mass is 10.1. The lowest BCUT2D eigenvalue weighted by Gasteiger charge is -2.17. The predicted molar refractivity (Wildman–Crippen MR) is 90.8 cm³/mol.